The Labute approximate surface area is 120 Å². The van der Waals surface area contributed by atoms with Crippen LogP contribution in [0.4, 0.5) is 5.13 Å². The van der Waals surface area contributed by atoms with Crippen LogP contribution < -0.4 is 10.6 Å². The van der Waals surface area contributed by atoms with Gasteiger partial charge < -0.3 is 10.6 Å². The van der Waals surface area contributed by atoms with Crippen LogP contribution in [-0.2, 0) is 19.5 Å². The standard InChI is InChI=1S/C12H16ClN3S2/c1-3-9-10(6-14)18-12(15-9)16(2)7-8-4-5-11(13)17-8/h4-5H,3,6-7,14H2,1-2H3. The van der Waals surface area contributed by atoms with Gasteiger partial charge in [-0.15, -0.1) is 22.7 Å². The molecule has 0 bridgehead atoms. The van der Waals surface area contributed by atoms with E-state index in [9.17, 15) is 0 Å². The highest BCUT2D eigenvalue weighted by molar-refractivity contribution is 7.16. The van der Waals surface area contributed by atoms with Crippen LogP contribution in [-0.4, -0.2) is 12.0 Å². The third-order valence-electron chi connectivity index (χ3n) is 2.64. The molecule has 0 atom stereocenters. The van der Waals surface area contributed by atoms with E-state index >= 15 is 0 Å². The maximum atomic E-state index is 5.93. The van der Waals surface area contributed by atoms with Gasteiger partial charge in [-0.1, -0.05) is 18.5 Å². The van der Waals surface area contributed by atoms with E-state index in [2.05, 4.69) is 22.9 Å². The van der Waals surface area contributed by atoms with Gasteiger partial charge in [-0.3, -0.25) is 0 Å². The maximum absolute atomic E-state index is 5.93. The summed E-state index contributed by atoms with van der Waals surface area (Å²) in [5, 5.41) is 1.02. The number of aryl methyl sites for hydroxylation is 1. The summed E-state index contributed by atoms with van der Waals surface area (Å²) < 4.78 is 0.828. The van der Waals surface area contributed by atoms with Gasteiger partial charge in [0.25, 0.3) is 0 Å². The largest absolute Gasteiger partial charge is 0.346 e. The predicted octanol–water partition coefficient (Wildman–Crippen LogP) is 3.52. The lowest BCUT2D eigenvalue weighted by Gasteiger charge is -2.14. The molecule has 98 valence electrons. The van der Waals surface area contributed by atoms with Gasteiger partial charge >= 0.3 is 0 Å². The highest BCUT2D eigenvalue weighted by Gasteiger charge is 2.12. The molecule has 0 saturated heterocycles. The molecule has 0 aliphatic heterocycles. The SMILES string of the molecule is CCc1nc(N(C)Cc2ccc(Cl)s2)sc1CN. The summed E-state index contributed by atoms with van der Waals surface area (Å²) in [7, 11) is 2.05. The van der Waals surface area contributed by atoms with Gasteiger partial charge in [0, 0.05) is 23.3 Å². The molecule has 0 amide bonds. The maximum Gasteiger partial charge on any atom is 0.185 e. The molecule has 0 aromatic carbocycles. The summed E-state index contributed by atoms with van der Waals surface area (Å²) in [6.07, 6.45) is 0.932. The van der Waals surface area contributed by atoms with Crippen LogP contribution in [0.2, 0.25) is 4.34 Å². The number of aromatic nitrogens is 1. The van der Waals surface area contributed by atoms with Gasteiger partial charge in [0.05, 0.1) is 16.6 Å². The topological polar surface area (TPSA) is 42.2 Å². The van der Waals surface area contributed by atoms with Crippen molar-refractivity contribution < 1.29 is 0 Å². The Kier molecular flexibility index (Phi) is 4.61. The molecule has 3 nitrogen and oxygen atoms in total. The summed E-state index contributed by atoms with van der Waals surface area (Å²) in [4.78, 5) is 9.21. The molecular weight excluding hydrogens is 286 g/mol. The molecule has 0 fully saturated rings. The Balaban J connectivity index is 2.13. The van der Waals surface area contributed by atoms with Crippen molar-refractivity contribution in [2.45, 2.75) is 26.4 Å². The second-order valence-corrected chi connectivity index (χ2v) is 6.85. The van der Waals surface area contributed by atoms with Gasteiger partial charge in [-0.2, -0.15) is 0 Å². The lowest BCUT2D eigenvalue weighted by molar-refractivity contribution is 0.912. The van der Waals surface area contributed by atoms with Crippen molar-refractivity contribution in [3.63, 3.8) is 0 Å². The van der Waals surface area contributed by atoms with Crippen molar-refractivity contribution >= 4 is 39.4 Å². The first-order valence-corrected chi connectivity index (χ1v) is 7.79. The summed E-state index contributed by atoms with van der Waals surface area (Å²) in [6.45, 7) is 3.51. The zero-order chi connectivity index (χ0) is 13.1. The Morgan fingerprint density at radius 1 is 1.39 bits per heavy atom. The third kappa shape index (κ3) is 3.03. The quantitative estimate of drug-likeness (QED) is 0.919. The smallest absolute Gasteiger partial charge is 0.185 e. The van der Waals surface area contributed by atoms with Crippen molar-refractivity contribution in [1.82, 2.24) is 4.98 Å². The Bertz CT molecular complexity index is 500. The second-order valence-electron chi connectivity index (χ2n) is 3.99. The van der Waals surface area contributed by atoms with Crippen LogP contribution in [0.25, 0.3) is 0 Å². The highest BCUT2D eigenvalue weighted by Crippen LogP contribution is 2.28. The molecule has 2 rings (SSSR count). The van der Waals surface area contributed by atoms with Crippen molar-refractivity contribution in [2.75, 3.05) is 11.9 Å². The van der Waals surface area contributed by atoms with E-state index in [1.165, 1.54) is 9.75 Å². The van der Waals surface area contributed by atoms with E-state index in [0.29, 0.717) is 6.54 Å². The predicted molar refractivity (Wildman–Crippen MR) is 80.8 cm³/mol. The molecular formula is C12H16ClN3S2. The van der Waals surface area contributed by atoms with Gasteiger partial charge in [-0.25, -0.2) is 4.98 Å². The number of thiophene rings is 1. The molecule has 2 aromatic heterocycles. The van der Waals surface area contributed by atoms with Crippen LogP contribution in [0.15, 0.2) is 12.1 Å². The van der Waals surface area contributed by atoms with Gasteiger partial charge in [-0.05, 0) is 18.6 Å². The molecule has 0 unspecified atom stereocenters. The molecule has 0 spiro atoms. The summed E-state index contributed by atoms with van der Waals surface area (Å²) in [5.74, 6) is 0. The van der Waals surface area contributed by atoms with Crippen molar-refractivity contribution in [1.29, 1.82) is 0 Å². The zero-order valence-electron chi connectivity index (χ0n) is 10.4. The molecule has 2 aromatic rings. The molecule has 2 heterocycles. The fourth-order valence-corrected chi connectivity index (χ4v) is 3.84. The molecule has 0 radical (unpaired) electrons. The Hall–Kier alpha value is -0.620. The minimum absolute atomic E-state index is 0.569. The monoisotopic (exact) mass is 301 g/mol. The summed E-state index contributed by atoms with van der Waals surface area (Å²) >= 11 is 9.22. The first kappa shape index (κ1) is 13.8. The Morgan fingerprint density at radius 3 is 2.67 bits per heavy atom. The van der Waals surface area contributed by atoms with E-state index in [0.717, 1.165) is 28.1 Å². The fourth-order valence-electron chi connectivity index (χ4n) is 1.71. The van der Waals surface area contributed by atoms with Gasteiger partial charge in [0.15, 0.2) is 5.13 Å². The molecule has 0 saturated carbocycles. The second kappa shape index (κ2) is 6.02. The van der Waals surface area contributed by atoms with Crippen LogP contribution in [0, 0.1) is 0 Å². The number of rotatable bonds is 5. The van der Waals surface area contributed by atoms with Crippen LogP contribution in [0.1, 0.15) is 22.4 Å². The van der Waals surface area contributed by atoms with Gasteiger partial charge in [0.2, 0.25) is 0 Å². The van der Waals surface area contributed by atoms with Crippen LogP contribution >= 0.6 is 34.3 Å². The van der Waals surface area contributed by atoms with Crippen molar-refractivity contribution in [3.05, 3.63) is 31.9 Å². The molecule has 0 aliphatic carbocycles. The minimum atomic E-state index is 0.569. The van der Waals surface area contributed by atoms with Crippen molar-refractivity contribution in [2.24, 2.45) is 5.73 Å². The normalized spacial score (nSPS) is 10.9. The average molecular weight is 302 g/mol. The molecule has 0 aliphatic rings. The molecule has 6 heteroatoms. The zero-order valence-corrected chi connectivity index (χ0v) is 12.8. The van der Waals surface area contributed by atoms with Crippen LogP contribution in [0.5, 0.6) is 0 Å². The van der Waals surface area contributed by atoms with E-state index in [-0.39, 0.29) is 0 Å². The lowest BCUT2D eigenvalue weighted by Crippen LogP contribution is -2.15. The van der Waals surface area contributed by atoms with E-state index in [1.54, 1.807) is 22.7 Å². The molecule has 18 heavy (non-hydrogen) atoms. The minimum Gasteiger partial charge on any atom is -0.346 e. The first-order chi connectivity index (χ1) is 8.63. The number of thiazole rings is 1. The lowest BCUT2D eigenvalue weighted by atomic mass is 10.3. The number of nitrogens with zero attached hydrogens (tertiary/aromatic N) is 2. The third-order valence-corrected chi connectivity index (χ3v) is 5.09. The molecule has 2 N–H and O–H groups in total. The van der Waals surface area contributed by atoms with E-state index in [4.69, 9.17) is 17.3 Å². The summed E-state index contributed by atoms with van der Waals surface area (Å²) in [5.41, 5.74) is 6.85. The number of anilines is 1. The summed E-state index contributed by atoms with van der Waals surface area (Å²) in [6, 6.07) is 3.99. The fraction of sp³-hybridized carbons (Fsp3) is 0.417. The average Bonchev–Trinajstić information content (AvgIpc) is 2.95. The highest BCUT2D eigenvalue weighted by atomic mass is 35.5. The number of hydrogen-bond donors (Lipinski definition) is 1. The van der Waals surface area contributed by atoms with E-state index in [1.807, 2.05) is 13.1 Å². The van der Waals surface area contributed by atoms with E-state index < -0.39 is 0 Å². The number of hydrogen-bond acceptors (Lipinski definition) is 5. The van der Waals surface area contributed by atoms with Crippen molar-refractivity contribution in [3.8, 4) is 0 Å². The first-order valence-electron chi connectivity index (χ1n) is 5.78. The Morgan fingerprint density at radius 2 is 2.17 bits per heavy atom. The number of halogens is 1. The van der Waals surface area contributed by atoms with Gasteiger partial charge in [0.1, 0.15) is 0 Å². The number of nitrogens with two attached hydrogens (primary N) is 1. The van der Waals surface area contributed by atoms with Crippen LogP contribution in [0.3, 0.4) is 0 Å².